The highest BCUT2D eigenvalue weighted by atomic mass is 35.5. The Morgan fingerprint density at radius 2 is 1.97 bits per heavy atom. The van der Waals surface area contributed by atoms with E-state index in [1.165, 1.54) is 34.9 Å². The molecule has 0 saturated heterocycles. The van der Waals surface area contributed by atoms with Crippen LogP contribution in [0.2, 0.25) is 5.02 Å². The van der Waals surface area contributed by atoms with Crippen LogP contribution in [-0.4, -0.2) is 35.8 Å². The minimum Gasteiger partial charge on any atom is -0.476 e. The molecule has 0 bridgehead atoms. The Bertz CT molecular complexity index is 1250. The Labute approximate surface area is 179 Å². The van der Waals surface area contributed by atoms with E-state index >= 15 is 0 Å². The molecule has 0 radical (unpaired) electrons. The first-order valence-electron chi connectivity index (χ1n) is 8.62. The Hall–Kier alpha value is -3.30. The van der Waals surface area contributed by atoms with Gasteiger partial charge in [-0.3, -0.25) is 4.98 Å². The Morgan fingerprint density at radius 3 is 2.63 bits per heavy atom. The average Bonchev–Trinajstić information content (AvgIpc) is 3.13. The quantitative estimate of drug-likeness (QED) is 0.480. The lowest BCUT2D eigenvalue weighted by Gasteiger charge is -2.04. The molecular formula is C20H13ClFN5O2S. The standard InChI is InChI=1S/C20H13ClFN5O2S/c1-11-18(20(28)29)24-9-16(25-11)19-17(30-15-4-2-12(21)3-5-15)10-27(26-19)14-6-13(22)7-23-8-14/h2-10H,1H3,(H,28,29). The fourth-order valence-corrected chi connectivity index (χ4v) is 3.75. The minimum atomic E-state index is -1.15. The van der Waals surface area contributed by atoms with Crippen molar-refractivity contribution in [1.82, 2.24) is 24.7 Å². The molecule has 30 heavy (non-hydrogen) atoms. The summed E-state index contributed by atoms with van der Waals surface area (Å²) in [6, 6.07) is 8.59. The van der Waals surface area contributed by atoms with Gasteiger partial charge in [0.1, 0.15) is 17.2 Å². The average molecular weight is 442 g/mol. The number of aryl methyl sites for hydroxylation is 1. The van der Waals surface area contributed by atoms with Crippen LogP contribution in [0.5, 0.6) is 0 Å². The van der Waals surface area contributed by atoms with Crippen molar-refractivity contribution in [2.45, 2.75) is 16.7 Å². The van der Waals surface area contributed by atoms with Crippen molar-refractivity contribution in [3.8, 4) is 17.1 Å². The van der Waals surface area contributed by atoms with Crippen molar-refractivity contribution in [2.24, 2.45) is 0 Å². The molecule has 0 unspecified atom stereocenters. The Morgan fingerprint density at radius 1 is 1.20 bits per heavy atom. The van der Waals surface area contributed by atoms with Crippen LogP contribution >= 0.6 is 23.4 Å². The third-order valence-electron chi connectivity index (χ3n) is 4.07. The lowest BCUT2D eigenvalue weighted by Crippen LogP contribution is -2.06. The van der Waals surface area contributed by atoms with Gasteiger partial charge in [0, 0.05) is 22.2 Å². The van der Waals surface area contributed by atoms with Crippen molar-refractivity contribution in [2.75, 3.05) is 0 Å². The zero-order chi connectivity index (χ0) is 21.3. The van der Waals surface area contributed by atoms with Crippen LogP contribution in [0.25, 0.3) is 17.1 Å². The lowest BCUT2D eigenvalue weighted by atomic mass is 10.2. The van der Waals surface area contributed by atoms with Crippen LogP contribution in [0, 0.1) is 12.7 Å². The maximum Gasteiger partial charge on any atom is 0.356 e. The van der Waals surface area contributed by atoms with Crippen LogP contribution in [0.4, 0.5) is 4.39 Å². The number of hydrogen-bond acceptors (Lipinski definition) is 6. The molecule has 4 rings (SSSR count). The highest BCUT2D eigenvalue weighted by Gasteiger charge is 2.18. The topological polar surface area (TPSA) is 93.8 Å². The van der Waals surface area contributed by atoms with E-state index in [2.05, 4.69) is 20.1 Å². The predicted molar refractivity (Wildman–Crippen MR) is 110 cm³/mol. The van der Waals surface area contributed by atoms with Crippen LogP contribution in [0.15, 0.2) is 64.9 Å². The number of pyridine rings is 1. The zero-order valence-electron chi connectivity index (χ0n) is 15.5. The van der Waals surface area contributed by atoms with Gasteiger partial charge in [0.25, 0.3) is 0 Å². The lowest BCUT2D eigenvalue weighted by molar-refractivity contribution is 0.0689. The van der Waals surface area contributed by atoms with Crippen molar-refractivity contribution in [3.05, 3.63) is 77.3 Å². The summed E-state index contributed by atoms with van der Waals surface area (Å²) in [6.45, 7) is 1.57. The summed E-state index contributed by atoms with van der Waals surface area (Å²) in [6.07, 6.45) is 5.68. The molecule has 0 saturated carbocycles. The monoisotopic (exact) mass is 441 g/mol. The molecule has 0 atom stereocenters. The molecule has 1 aromatic carbocycles. The molecule has 10 heteroatoms. The summed E-state index contributed by atoms with van der Waals surface area (Å²) in [4.78, 5) is 25.1. The number of halogens is 2. The van der Waals surface area contributed by atoms with Gasteiger partial charge in [-0.25, -0.2) is 23.8 Å². The molecule has 0 aliphatic carbocycles. The fourth-order valence-electron chi connectivity index (χ4n) is 2.70. The van der Waals surface area contributed by atoms with Gasteiger partial charge in [-0.05, 0) is 31.2 Å². The highest BCUT2D eigenvalue weighted by molar-refractivity contribution is 7.99. The second-order valence-electron chi connectivity index (χ2n) is 6.20. The van der Waals surface area contributed by atoms with E-state index in [4.69, 9.17) is 11.6 Å². The number of hydrogen-bond donors (Lipinski definition) is 1. The van der Waals surface area contributed by atoms with Gasteiger partial charge in [-0.1, -0.05) is 23.4 Å². The molecule has 0 aliphatic heterocycles. The Kier molecular flexibility index (Phi) is 5.47. The van der Waals surface area contributed by atoms with E-state index in [-0.39, 0.29) is 11.4 Å². The van der Waals surface area contributed by atoms with Crippen molar-refractivity contribution in [3.63, 3.8) is 0 Å². The van der Waals surface area contributed by atoms with Gasteiger partial charge in [-0.2, -0.15) is 5.10 Å². The van der Waals surface area contributed by atoms with E-state index in [0.29, 0.717) is 22.1 Å². The second-order valence-corrected chi connectivity index (χ2v) is 7.75. The maximum atomic E-state index is 13.6. The number of benzene rings is 1. The van der Waals surface area contributed by atoms with Crippen LogP contribution in [-0.2, 0) is 0 Å². The molecule has 0 spiro atoms. The molecule has 4 aromatic rings. The second kappa shape index (κ2) is 8.21. The number of aromatic carboxylic acids is 1. The predicted octanol–water partition coefficient (Wildman–Crippen LogP) is 4.67. The van der Waals surface area contributed by atoms with Crippen LogP contribution in [0.3, 0.4) is 0 Å². The summed E-state index contributed by atoms with van der Waals surface area (Å²) in [5.74, 6) is -1.64. The van der Waals surface area contributed by atoms with Gasteiger partial charge in [0.15, 0.2) is 5.69 Å². The number of carboxylic acids is 1. The largest absolute Gasteiger partial charge is 0.476 e. The molecule has 0 amide bonds. The molecule has 3 heterocycles. The first-order valence-corrected chi connectivity index (χ1v) is 9.81. The molecule has 150 valence electrons. The first-order chi connectivity index (χ1) is 14.4. The number of carbonyl (C=O) groups is 1. The van der Waals surface area contributed by atoms with Crippen molar-refractivity contribution in [1.29, 1.82) is 0 Å². The number of aromatic nitrogens is 5. The van der Waals surface area contributed by atoms with E-state index in [1.807, 2.05) is 12.1 Å². The third kappa shape index (κ3) is 4.17. The molecule has 0 fully saturated rings. The number of nitrogens with zero attached hydrogens (tertiary/aromatic N) is 5. The first kappa shape index (κ1) is 20.0. The smallest absolute Gasteiger partial charge is 0.356 e. The fraction of sp³-hybridized carbons (Fsp3) is 0.0500. The van der Waals surface area contributed by atoms with Crippen LogP contribution < -0.4 is 0 Å². The molecular weight excluding hydrogens is 429 g/mol. The summed E-state index contributed by atoms with van der Waals surface area (Å²) < 4.78 is 15.1. The summed E-state index contributed by atoms with van der Waals surface area (Å²) in [7, 11) is 0. The van der Waals surface area contributed by atoms with E-state index in [1.54, 1.807) is 25.3 Å². The van der Waals surface area contributed by atoms with Crippen molar-refractivity contribution >= 4 is 29.3 Å². The Balaban J connectivity index is 1.81. The highest BCUT2D eigenvalue weighted by Crippen LogP contribution is 2.35. The molecule has 0 aliphatic rings. The van der Waals surface area contributed by atoms with E-state index in [0.717, 1.165) is 16.0 Å². The summed E-state index contributed by atoms with van der Waals surface area (Å²) in [5.41, 5.74) is 1.46. The van der Waals surface area contributed by atoms with Gasteiger partial charge >= 0.3 is 5.97 Å². The molecule has 1 N–H and O–H groups in total. The van der Waals surface area contributed by atoms with E-state index in [9.17, 15) is 14.3 Å². The van der Waals surface area contributed by atoms with E-state index < -0.39 is 11.8 Å². The van der Waals surface area contributed by atoms with Crippen molar-refractivity contribution < 1.29 is 14.3 Å². The maximum absolute atomic E-state index is 13.6. The minimum absolute atomic E-state index is 0.126. The summed E-state index contributed by atoms with van der Waals surface area (Å²) >= 11 is 7.38. The normalized spacial score (nSPS) is 10.9. The molecule has 7 nitrogen and oxygen atoms in total. The third-order valence-corrected chi connectivity index (χ3v) is 5.35. The number of carboxylic acid groups (broad SMARTS) is 1. The molecule has 3 aromatic heterocycles. The van der Waals surface area contributed by atoms with Crippen LogP contribution in [0.1, 0.15) is 16.2 Å². The van der Waals surface area contributed by atoms with Gasteiger partial charge < -0.3 is 5.11 Å². The SMILES string of the molecule is Cc1nc(-c2nn(-c3cncc(F)c3)cc2Sc2ccc(Cl)cc2)cnc1C(=O)O. The van der Waals surface area contributed by atoms with Gasteiger partial charge in [-0.15, -0.1) is 0 Å². The van der Waals surface area contributed by atoms with Gasteiger partial charge in [0.2, 0.25) is 0 Å². The summed E-state index contributed by atoms with van der Waals surface area (Å²) in [5, 5.41) is 14.3. The number of rotatable bonds is 5. The zero-order valence-corrected chi connectivity index (χ0v) is 17.0. The van der Waals surface area contributed by atoms with Gasteiger partial charge in [0.05, 0.1) is 34.9 Å².